The van der Waals surface area contributed by atoms with Crippen molar-refractivity contribution in [2.45, 2.75) is 13.0 Å². The number of nitrogens with zero attached hydrogens (tertiary/aromatic N) is 2. The number of piperazine rings is 1. The monoisotopic (exact) mass is 514 g/mol. The number of fused-ring (bicyclic) bond motifs is 1. The third kappa shape index (κ3) is 4.99. The van der Waals surface area contributed by atoms with Crippen molar-refractivity contribution in [1.29, 1.82) is 0 Å². The number of halogens is 1. The van der Waals surface area contributed by atoms with E-state index in [1.165, 1.54) is 7.11 Å². The molecule has 2 aromatic carbocycles. The van der Waals surface area contributed by atoms with Gasteiger partial charge in [-0.05, 0) is 49.4 Å². The number of carbonyl (C=O) groups excluding carboxylic acids is 2. The van der Waals surface area contributed by atoms with E-state index in [2.05, 4.69) is 55.1 Å². The molecule has 1 saturated heterocycles. The lowest BCUT2D eigenvalue weighted by Crippen LogP contribution is -2.53. The summed E-state index contributed by atoms with van der Waals surface area (Å²) in [7, 11) is 2.98. The number of H-pyrrole nitrogens is 1. The third-order valence-corrected chi connectivity index (χ3v) is 6.39. The second-order valence-corrected chi connectivity index (χ2v) is 9.00. The van der Waals surface area contributed by atoms with E-state index in [9.17, 15) is 9.59 Å². The fourth-order valence-corrected chi connectivity index (χ4v) is 4.63. The molecule has 1 amide bonds. The Morgan fingerprint density at radius 1 is 1.15 bits per heavy atom. The van der Waals surface area contributed by atoms with Crippen LogP contribution in [0, 0.1) is 0 Å². The normalized spacial score (nSPS) is 16.6. The first-order valence-corrected chi connectivity index (χ1v) is 11.5. The molecule has 1 aromatic heterocycles. The number of nitrogens with one attached hydrogen (secondary N) is 2. The predicted molar refractivity (Wildman–Crippen MR) is 132 cm³/mol. The average Bonchev–Trinajstić information content (AvgIpc) is 3.16. The lowest BCUT2D eigenvalue weighted by atomic mass is 10.1. The molecular weight excluding hydrogens is 488 g/mol. The number of benzene rings is 2. The van der Waals surface area contributed by atoms with Crippen molar-refractivity contribution in [1.82, 2.24) is 9.88 Å². The molecule has 0 radical (unpaired) electrons. The van der Waals surface area contributed by atoms with Gasteiger partial charge in [0.15, 0.2) is 0 Å². The van der Waals surface area contributed by atoms with Crippen LogP contribution in [0.1, 0.15) is 17.4 Å². The van der Waals surface area contributed by atoms with Gasteiger partial charge in [0.1, 0.15) is 11.4 Å². The summed E-state index contributed by atoms with van der Waals surface area (Å²) >= 11 is 3.45. The Kier molecular flexibility index (Phi) is 6.90. The van der Waals surface area contributed by atoms with Gasteiger partial charge >= 0.3 is 5.97 Å². The Labute approximate surface area is 201 Å². The molecule has 1 aliphatic heterocycles. The number of esters is 1. The number of methoxy groups -OCH3 is 2. The number of hydrogen-bond acceptors (Lipinski definition) is 6. The molecule has 9 heteroatoms. The smallest absolute Gasteiger partial charge is 0.356 e. The average molecular weight is 515 g/mol. The van der Waals surface area contributed by atoms with Crippen LogP contribution in [-0.2, 0) is 9.53 Å². The number of anilines is 2. The Morgan fingerprint density at radius 2 is 1.91 bits per heavy atom. The summed E-state index contributed by atoms with van der Waals surface area (Å²) in [5.74, 6) is 0.128. The standard InChI is InChI=1S/C24H27BrN4O4/c1-15-13-28(10-11-29(15)17-5-7-18(32-2)8-6-17)14-21(30)27-22-19-12-16(25)4-9-20(19)26-23(22)24(31)33-3/h4-9,12,15,26H,10-11,13-14H2,1-3H3,(H,27,30)/t15-/m1/s1. The van der Waals surface area contributed by atoms with Gasteiger partial charge in [0.25, 0.3) is 0 Å². The molecule has 0 unspecified atom stereocenters. The van der Waals surface area contributed by atoms with Gasteiger partial charge in [-0.3, -0.25) is 9.69 Å². The topological polar surface area (TPSA) is 86.9 Å². The molecule has 1 fully saturated rings. The molecule has 3 aromatic rings. The number of aromatic nitrogens is 1. The van der Waals surface area contributed by atoms with Crippen molar-refractivity contribution < 1.29 is 19.1 Å². The zero-order valence-corrected chi connectivity index (χ0v) is 20.4. The van der Waals surface area contributed by atoms with Crippen LogP contribution in [-0.4, -0.2) is 68.2 Å². The fourth-order valence-electron chi connectivity index (χ4n) is 4.27. The van der Waals surface area contributed by atoms with Crippen molar-refractivity contribution in [3.05, 3.63) is 52.6 Å². The molecule has 0 bridgehead atoms. The molecule has 0 aliphatic carbocycles. The second-order valence-electron chi connectivity index (χ2n) is 8.08. The molecule has 1 atom stereocenters. The van der Waals surface area contributed by atoms with E-state index in [1.54, 1.807) is 7.11 Å². The van der Waals surface area contributed by atoms with Gasteiger partial charge in [-0.1, -0.05) is 15.9 Å². The Bertz CT molecular complexity index is 1160. The van der Waals surface area contributed by atoms with Gasteiger partial charge in [0.2, 0.25) is 5.91 Å². The minimum atomic E-state index is -0.528. The quantitative estimate of drug-likeness (QED) is 0.485. The van der Waals surface area contributed by atoms with Gasteiger partial charge in [-0.15, -0.1) is 0 Å². The highest BCUT2D eigenvalue weighted by molar-refractivity contribution is 9.10. The maximum atomic E-state index is 12.9. The highest BCUT2D eigenvalue weighted by Crippen LogP contribution is 2.31. The summed E-state index contributed by atoms with van der Waals surface area (Å²) in [5, 5.41) is 3.68. The maximum absolute atomic E-state index is 12.9. The number of aromatic amines is 1. The molecule has 8 nitrogen and oxygen atoms in total. The number of carbonyl (C=O) groups is 2. The molecule has 1 aliphatic rings. The van der Waals surface area contributed by atoms with Crippen LogP contribution in [0.25, 0.3) is 10.9 Å². The van der Waals surface area contributed by atoms with Crippen LogP contribution >= 0.6 is 15.9 Å². The third-order valence-electron chi connectivity index (χ3n) is 5.90. The summed E-state index contributed by atoms with van der Waals surface area (Å²) in [4.78, 5) is 32.7. The number of amides is 1. The highest BCUT2D eigenvalue weighted by Gasteiger charge is 2.26. The van der Waals surface area contributed by atoms with Crippen LogP contribution in [0.5, 0.6) is 5.75 Å². The van der Waals surface area contributed by atoms with Gasteiger partial charge in [-0.2, -0.15) is 0 Å². The Morgan fingerprint density at radius 3 is 2.58 bits per heavy atom. The van der Waals surface area contributed by atoms with Crippen molar-refractivity contribution in [2.24, 2.45) is 0 Å². The lowest BCUT2D eigenvalue weighted by Gasteiger charge is -2.41. The van der Waals surface area contributed by atoms with E-state index in [-0.39, 0.29) is 24.2 Å². The first-order valence-electron chi connectivity index (χ1n) is 10.7. The van der Waals surface area contributed by atoms with Gasteiger partial charge < -0.3 is 24.7 Å². The van der Waals surface area contributed by atoms with Crippen LogP contribution in [0.15, 0.2) is 46.9 Å². The van der Waals surface area contributed by atoms with Crippen molar-refractivity contribution in [3.8, 4) is 5.75 Å². The van der Waals surface area contributed by atoms with Crippen LogP contribution in [0.2, 0.25) is 0 Å². The molecule has 0 saturated carbocycles. The van der Waals surface area contributed by atoms with Crippen molar-refractivity contribution >= 4 is 50.1 Å². The van der Waals surface area contributed by atoms with E-state index in [0.717, 1.165) is 46.4 Å². The minimum Gasteiger partial charge on any atom is -0.497 e. The van der Waals surface area contributed by atoms with Crippen LogP contribution < -0.4 is 15.0 Å². The van der Waals surface area contributed by atoms with Crippen molar-refractivity contribution in [3.63, 3.8) is 0 Å². The largest absolute Gasteiger partial charge is 0.497 e. The Hall–Kier alpha value is -3.04. The van der Waals surface area contributed by atoms with E-state index in [0.29, 0.717) is 5.69 Å². The van der Waals surface area contributed by atoms with E-state index >= 15 is 0 Å². The number of ether oxygens (including phenoxy) is 2. The Balaban J connectivity index is 1.44. The van der Waals surface area contributed by atoms with Crippen molar-refractivity contribution in [2.75, 3.05) is 50.6 Å². The molecular formula is C24H27BrN4O4. The van der Waals surface area contributed by atoms with E-state index in [1.807, 2.05) is 30.3 Å². The first-order chi connectivity index (χ1) is 15.9. The summed E-state index contributed by atoms with van der Waals surface area (Å²) in [6, 6.07) is 13.9. The van der Waals surface area contributed by atoms with Gasteiger partial charge in [0, 0.05) is 46.7 Å². The number of hydrogen-bond donors (Lipinski definition) is 2. The maximum Gasteiger partial charge on any atom is 0.356 e. The van der Waals surface area contributed by atoms with Gasteiger partial charge in [0.05, 0.1) is 26.5 Å². The van der Waals surface area contributed by atoms with E-state index < -0.39 is 5.97 Å². The molecule has 33 heavy (non-hydrogen) atoms. The predicted octanol–water partition coefficient (Wildman–Crippen LogP) is 3.87. The van der Waals surface area contributed by atoms with E-state index in [4.69, 9.17) is 9.47 Å². The summed E-state index contributed by atoms with van der Waals surface area (Å²) < 4.78 is 11.0. The zero-order valence-electron chi connectivity index (χ0n) is 18.9. The first kappa shape index (κ1) is 23.1. The zero-order chi connectivity index (χ0) is 23.5. The fraction of sp³-hybridized carbons (Fsp3) is 0.333. The SMILES string of the molecule is COC(=O)c1[nH]c2ccc(Br)cc2c1NC(=O)CN1CCN(c2ccc(OC)cc2)[C@H](C)C1. The summed E-state index contributed by atoms with van der Waals surface area (Å²) in [5.41, 5.74) is 2.56. The second kappa shape index (κ2) is 9.84. The van der Waals surface area contributed by atoms with Crippen LogP contribution in [0.4, 0.5) is 11.4 Å². The highest BCUT2D eigenvalue weighted by atomic mass is 79.9. The van der Waals surface area contributed by atoms with Gasteiger partial charge in [-0.25, -0.2) is 4.79 Å². The molecule has 2 N–H and O–H groups in total. The molecule has 174 valence electrons. The molecule has 4 rings (SSSR count). The van der Waals surface area contributed by atoms with Crippen LogP contribution in [0.3, 0.4) is 0 Å². The lowest BCUT2D eigenvalue weighted by molar-refractivity contribution is -0.117. The summed E-state index contributed by atoms with van der Waals surface area (Å²) in [6.45, 7) is 4.72. The minimum absolute atomic E-state index is 0.175. The number of rotatable bonds is 6. The summed E-state index contributed by atoms with van der Waals surface area (Å²) in [6.07, 6.45) is 0. The molecule has 2 heterocycles. The molecule has 0 spiro atoms.